The average molecular weight is 227 g/mol. The fourth-order valence-electron chi connectivity index (χ4n) is 2.35. The number of esters is 1. The van der Waals surface area contributed by atoms with Gasteiger partial charge in [0, 0.05) is 19.8 Å². The molecule has 4 heteroatoms. The number of ether oxygens (including phenoxy) is 2. The highest BCUT2D eigenvalue weighted by molar-refractivity contribution is 5.73. The molecule has 1 N–H and O–H groups in total. The summed E-state index contributed by atoms with van der Waals surface area (Å²) in [5.74, 6) is 0.938. The van der Waals surface area contributed by atoms with Gasteiger partial charge in [0.2, 0.25) is 0 Å². The van der Waals surface area contributed by atoms with Crippen LogP contribution in [0.2, 0.25) is 0 Å². The Hall–Kier alpha value is -0.610. The van der Waals surface area contributed by atoms with E-state index in [1.807, 2.05) is 0 Å². The third-order valence-electron chi connectivity index (χ3n) is 3.62. The summed E-state index contributed by atoms with van der Waals surface area (Å²) in [5.41, 5.74) is 0. The van der Waals surface area contributed by atoms with Crippen molar-refractivity contribution in [1.29, 1.82) is 0 Å². The fraction of sp³-hybridized carbons (Fsp3) is 0.917. The molecule has 0 radical (unpaired) electrons. The number of hydrogen-bond donors (Lipinski definition) is 1. The molecule has 2 heterocycles. The van der Waals surface area contributed by atoms with Gasteiger partial charge < -0.3 is 14.8 Å². The van der Waals surface area contributed by atoms with Crippen LogP contribution in [0.25, 0.3) is 0 Å². The van der Waals surface area contributed by atoms with E-state index in [4.69, 9.17) is 9.47 Å². The van der Waals surface area contributed by atoms with E-state index in [-0.39, 0.29) is 11.9 Å². The molecular weight excluding hydrogens is 206 g/mol. The lowest BCUT2D eigenvalue weighted by atomic mass is 9.98. The van der Waals surface area contributed by atoms with E-state index in [0.717, 1.165) is 39.1 Å². The molecule has 0 aliphatic carbocycles. The molecule has 0 aromatic rings. The maximum atomic E-state index is 11.8. The summed E-state index contributed by atoms with van der Waals surface area (Å²) in [6.45, 7) is 5.99. The normalized spacial score (nSPS) is 31.6. The molecule has 4 nitrogen and oxygen atoms in total. The number of rotatable bonds is 3. The molecule has 0 saturated carbocycles. The molecule has 2 unspecified atom stereocenters. The molecule has 0 spiro atoms. The molecule has 2 aliphatic rings. The Labute approximate surface area is 96.7 Å². The van der Waals surface area contributed by atoms with Crippen LogP contribution in [0.5, 0.6) is 0 Å². The predicted octanol–water partition coefficient (Wildman–Crippen LogP) is 0.812. The molecule has 0 bridgehead atoms. The van der Waals surface area contributed by atoms with Crippen molar-refractivity contribution in [3.63, 3.8) is 0 Å². The maximum Gasteiger partial charge on any atom is 0.310 e. The summed E-state index contributed by atoms with van der Waals surface area (Å²) in [6, 6.07) is 0. The second kappa shape index (κ2) is 5.64. The third kappa shape index (κ3) is 2.95. The number of carbonyl (C=O) groups is 1. The van der Waals surface area contributed by atoms with Gasteiger partial charge in [-0.25, -0.2) is 0 Å². The van der Waals surface area contributed by atoms with Gasteiger partial charge in [-0.05, 0) is 31.2 Å². The van der Waals surface area contributed by atoms with Gasteiger partial charge in [0.05, 0.1) is 12.5 Å². The molecule has 92 valence electrons. The van der Waals surface area contributed by atoms with Crippen molar-refractivity contribution in [2.75, 3.05) is 32.9 Å². The number of carbonyl (C=O) groups excluding carboxylic acids is 1. The van der Waals surface area contributed by atoms with Crippen molar-refractivity contribution in [3.05, 3.63) is 0 Å². The molecule has 2 fully saturated rings. The zero-order chi connectivity index (χ0) is 11.4. The van der Waals surface area contributed by atoms with Crippen LogP contribution in [0.4, 0.5) is 0 Å². The standard InChI is InChI=1S/C12H21NO3/c1-9-6-13-7-11(9)12(14)16-8-10-2-4-15-5-3-10/h9-11,13H,2-8H2,1H3. The summed E-state index contributed by atoms with van der Waals surface area (Å²) in [5, 5.41) is 3.22. The Morgan fingerprint density at radius 3 is 2.75 bits per heavy atom. The highest BCUT2D eigenvalue weighted by Crippen LogP contribution is 2.19. The Morgan fingerprint density at radius 1 is 1.38 bits per heavy atom. The van der Waals surface area contributed by atoms with Gasteiger partial charge >= 0.3 is 5.97 Å². The lowest BCUT2D eigenvalue weighted by Crippen LogP contribution is -2.27. The minimum atomic E-state index is -0.0241. The SMILES string of the molecule is CC1CNCC1C(=O)OCC1CCOCC1. The van der Waals surface area contributed by atoms with E-state index in [0.29, 0.717) is 18.4 Å². The molecule has 2 rings (SSSR count). The first-order chi connectivity index (χ1) is 7.77. The Bertz CT molecular complexity index is 238. The monoisotopic (exact) mass is 227 g/mol. The Morgan fingerprint density at radius 2 is 2.12 bits per heavy atom. The molecule has 2 atom stereocenters. The number of nitrogens with one attached hydrogen (secondary N) is 1. The van der Waals surface area contributed by atoms with Crippen LogP contribution in [0.1, 0.15) is 19.8 Å². The van der Waals surface area contributed by atoms with Crippen molar-refractivity contribution < 1.29 is 14.3 Å². The van der Waals surface area contributed by atoms with E-state index < -0.39 is 0 Å². The summed E-state index contributed by atoms with van der Waals surface area (Å²) in [4.78, 5) is 11.8. The molecule has 16 heavy (non-hydrogen) atoms. The molecule has 0 aromatic carbocycles. The first kappa shape index (κ1) is 11.9. The van der Waals surface area contributed by atoms with Gasteiger partial charge in [-0.3, -0.25) is 4.79 Å². The second-order valence-corrected chi connectivity index (χ2v) is 4.93. The largest absolute Gasteiger partial charge is 0.465 e. The lowest BCUT2D eigenvalue weighted by molar-refractivity contribution is -0.151. The van der Waals surface area contributed by atoms with Crippen molar-refractivity contribution in [3.8, 4) is 0 Å². The quantitative estimate of drug-likeness (QED) is 0.725. The van der Waals surface area contributed by atoms with Crippen LogP contribution in [-0.4, -0.2) is 38.9 Å². The topological polar surface area (TPSA) is 47.6 Å². The second-order valence-electron chi connectivity index (χ2n) is 4.93. The summed E-state index contributed by atoms with van der Waals surface area (Å²) in [6.07, 6.45) is 2.04. The van der Waals surface area contributed by atoms with Gasteiger partial charge in [-0.1, -0.05) is 6.92 Å². The van der Waals surface area contributed by atoms with Crippen LogP contribution < -0.4 is 5.32 Å². The van der Waals surface area contributed by atoms with E-state index >= 15 is 0 Å². The lowest BCUT2D eigenvalue weighted by Gasteiger charge is -2.22. The maximum absolute atomic E-state index is 11.8. The van der Waals surface area contributed by atoms with E-state index in [2.05, 4.69) is 12.2 Å². The van der Waals surface area contributed by atoms with Crippen LogP contribution >= 0.6 is 0 Å². The van der Waals surface area contributed by atoms with Crippen molar-refractivity contribution in [2.24, 2.45) is 17.8 Å². The van der Waals surface area contributed by atoms with Crippen LogP contribution in [-0.2, 0) is 14.3 Å². The minimum absolute atomic E-state index is 0.0241. The highest BCUT2D eigenvalue weighted by atomic mass is 16.5. The highest BCUT2D eigenvalue weighted by Gasteiger charge is 2.31. The Balaban J connectivity index is 1.70. The third-order valence-corrected chi connectivity index (χ3v) is 3.62. The average Bonchev–Trinajstić information content (AvgIpc) is 2.74. The first-order valence-corrected chi connectivity index (χ1v) is 6.22. The predicted molar refractivity (Wildman–Crippen MR) is 60.0 cm³/mol. The van der Waals surface area contributed by atoms with E-state index in [9.17, 15) is 4.79 Å². The van der Waals surface area contributed by atoms with Crippen LogP contribution in [0.15, 0.2) is 0 Å². The van der Waals surface area contributed by atoms with Gasteiger partial charge in [0.25, 0.3) is 0 Å². The zero-order valence-corrected chi connectivity index (χ0v) is 9.91. The Kier molecular flexibility index (Phi) is 4.18. The van der Waals surface area contributed by atoms with Gasteiger partial charge in [0.1, 0.15) is 0 Å². The van der Waals surface area contributed by atoms with E-state index in [1.165, 1.54) is 0 Å². The van der Waals surface area contributed by atoms with Gasteiger partial charge in [0.15, 0.2) is 0 Å². The summed E-state index contributed by atoms with van der Waals surface area (Å²) >= 11 is 0. The smallest absolute Gasteiger partial charge is 0.310 e. The molecule has 0 amide bonds. The van der Waals surface area contributed by atoms with Gasteiger partial charge in [-0.15, -0.1) is 0 Å². The fourth-order valence-corrected chi connectivity index (χ4v) is 2.35. The van der Waals surface area contributed by atoms with Crippen LogP contribution in [0.3, 0.4) is 0 Å². The molecule has 2 saturated heterocycles. The molecule has 2 aliphatic heterocycles. The van der Waals surface area contributed by atoms with Crippen LogP contribution in [0, 0.1) is 17.8 Å². The number of hydrogen-bond acceptors (Lipinski definition) is 4. The molecular formula is C12H21NO3. The van der Waals surface area contributed by atoms with Crippen molar-refractivity contribution in [2.45, 2.75) is 19.8 Å². The van der Waals surface area contributed by atoms with Gasteiger partial charge in [-0.2, -0.15) is 0 Å². The van der Waals surface area contributed by atoms with E-state index in [1.54, 1.807) is 0 Å². The summed E-state index contributed by atoms with van der Waals surface area (Å²) < 4.78 is 10.7. The zero-order valence-electron chi connectivity index (χ0n) is 9.91. The summed E-state index contributed by atoms with van der Waals surface area (Å²) in [7, 11) is 0. The van der Waals surface area contributed by atoms with Crippen molar-refractivity contribution in [1.82, 2.24) is 5.32 Å². The minimum Gasteiger partial charge on any atom is -0.465 e. The molecule has 0 aromatic heterocycles. The first-order valence-electron chi connectivity index (χ1n) is 6.22. The van der Waals surface area contributed by atoms with Crippen molar-refractivity contribution >= 4 is 5.97 Å².